The summed E-state index contributed by atoms with van der Waals surface area (Å²) in [7, 11) is 0. The van der Waals surface area contributed by atoms with Gasteiger partial charge >= 0.3 is 0 Å². The highest BCUT2D eigenvalue weighted by Crippen LogP contribution is 2.27. The number of benzene rings is 2. The molecule has 0 saturated heterocycles. The van der Waals surface area contributed by atoms with Crippen LogP contribution in [0.4, 0.5) is 11.4 Å². The number of carbonyl (C=O) groups excluding carboxylic acids is 1. The Morgan fingerprint density at radius 1 is 1.22 bits per heavy atom. The highest BCUT2D eigenvalue weighted by Gasteiger charge is 2.16. The van der Waals surface area contributed by atoms with Crippen LogP contribution < -0.4 is 10.1 Å². The SMILES string of the molecule is Cc1ccc(NC(=O)COc2ccc(Cl)c(Cl)c2)c([N+](=O)[O-])c1. The molecule has 0 aliphatic carbocycles. The number of hydrogen-bond donors (Lipinski definition) is 1. The van der Waals surface area contributed by atoms with Crippen LogP contribution in [-0.4, -0.2) is 17.4 Å². The van der Waals surface area contributed by atoms with Crippen LogP contribution in [0.2, 0.25) is 10.0 Å². The van der Waals surface area contributed by atoms with E-state index in [2.05, 4.69) is 5.32 Å². The summed E-state index contributed by atoms with van der Waals surface area (Å²) >= 11 is 11.6. The molecule has 0 atom stereocenters. The van der Waals surface area contributed by atoms with Gasteiger partial charge in [0.25, 0.3) is 11.6 Å². The van der Waals surface area contributed by atoms with Crippen molar-refractivity contribution in [3.05, 3.63) is 62.1 Å². The lowest BCUT2D eigenvalue weighted by Crippen LogP contribution is -2.20. The first-order chi connectivity index (χ1) is 10.9. The van der Waals surface area contributed by atoms with Gasteiger partial charge in [0.1, 0.15) is 11.4 Å². The largest absolute Gasteiger partial charge is 0.484 e. The van der Waals surface area contributed by atoms with E-state index in [4.69, 9.17) is 27.9 Å². The second kappa shape index (κ2) is 7.30. The maximum Gasteiger partial charge on any atom is 0.293 e. The molecule has 0 bridgehead atoms. The van der Waals surface area contributed by atoms with E-state index >= 15 is 0 Å². The first-order valence-electron chi connectivity index (χ1n) is 6.49. The van der Waals surface area contributed by atoms with Crippen LogP contribution in [-0.2, 0) is 4.79 Å². The van der Waals surface area contributed by atoms with E-state index in [0.29, 0.717) is 15.8 Å². The van der Waals surface area contributed by atoms with Gasteiger partial charge in [-0.25, -0.2) is 0 Å². The molecule has 0 saturated carbocycles. The van der Waals surface area contributed by atoms with Crippen molar-refractivity contribution in [3.63, 3.8) is 0 Å². The molecule has 1 N–H and O–H groups in total. The van der Waals surface area contributed by atoms with Gasteiger partial charge in [0.15, 0.2) is 6.61 Å². The van der Waals surface area contributed by atoms with Gasteiger partial charge in [-0.2, -0.15) is 0 Å². The van der Waals surface area contributed by atoms with Crippen molar-refractivity contribution in [2.75, 3.05) is 11.9 Å². The van der Waals surface area contributed by atoms with Crippen molar-refractivity contribution in [1.82, 2.24) is 0 Å². The summed E-state index contributed by atoms with van der Waals surface area (Å²) in [5.74, 6) is -0.156. The van der Waals surface area contributed by atoms with E-state index < -0.39 is 10.8 Å². The third-order valence-corrected chi connectivity index (χ3v) is 3.62. The fourth-order valence-electron chi connectivity index (χ4n) is 1.80. The normalized spacial score (nSPS) is 10.2. The maximum atomic E-state index is 11.9. The van der Waals surface area contributed by atoms with Crippen molar-refractivity contribution < 1.29 is 14.5 Å². The fraction of sp³-hybridized carbons (Fsp3) is 0.133. The minimum Gasteiger partial charge on any atom is -0.484 e. The highest BCUT2D eigenvalue weighted by atomic mass is 35.5. The number of nitrogens with zero attached hydrogens (tertiary/aromatic N) is 1. The number of nitro groups is 1. The van der Waals surface area contributed by atoms with Gasteiger partial charge in [-0.05, 0) is 30.7 Å². The molecule has 0 aromatic heterocycles. The summed E-state index contributed by atoms with van der Waals surface area (Å²) in [5, 5.41) is 14.1. The number of hydrogen-bond acceptors (Lipinski definition) is 4. The minimum atomic E-state index is -0.553. The number of halogens is 2. The minimum absolute atomic E-state index is 0.114. The lowest BCUT2D eigenvalue weighted by atomic mass is 10.2. The van der Waals surface area contributed by atoms with Crippen LogP contribution in [0.25, 0.3) is 0 Å². The Morgan fingerprint density at radius 2 is 1.96 bits per heavy atom. The van der Waals surface area contributed by atoms with Crippen LogP contribution in [0.3, 0.4) is 0 Å². The molecule has 0 unspecified atom stereocenters. The summed E-state index contributed by atoms with van der Waals surface area (Å²) in [4.78, 5) is 22.3. The first-order valence-corrected chi connectivity index (χ1v) is 7.25. The van der Waals surface area contributed by atoms with Crippen LogP contribution in [0.5, 0.6) is 5.75 Å². The molecule has 8 heteroatoms. The zero-order valence-electron chi connectivity index (χ0n) is 12.0. The van der Waals surface area contributed by atoms with Crippen LogP contribution >= 0.6 is 23.2 Å². The number of nitro benzene ring substituents is 1. The Hall–Kier alpha value is -2.31. The monoisotopic (exact) mass is 354 g/mol. The molecule has 0 aliphatic heterocycles. The van der Waals surface area contributed by atoms with Crippen molar-refractivity contribution in [3.8, 4) is 5.75 Å². The second-order valence-corrected chi connectivity index (χ2v) is 5.50. The van der Waals surface area contributed by atoms with Gasteiger partial charge in [0, 0.05) is 12.1 Å². The van der Waals surface area contributed by atoms with Crippen LogP contribution in [0.15, 0.2) is 36.4 Å². The Morgan fingerprint density at radius 3 is 2.61 bits per heavy atom. The van der Waals surface area contributed by atoms with Crippen LogP contribution in [0, 0.1) is 17.0 Å². The number of aryl methyl sites for hydroxylation is 1. The molecule has 0 fully saturated rings. The lowest BCUT2D eigenvalue weighted by molar-refractivity contribution is -0.384. The van der Waals surface area contributed by atoms with Gasteiger partial charge in [-0.3, -0.25) is 14.9 Å². The molecule has 23 heavy (non-hydrogen) atoms. The van der Waals surface area contributed by atoms with E-state index in [9.17, 15) is 14.9 Å². The Bertz CT molecular complexity index is 765. The summed E-state index contributed by atoms with van der Waals surface area (Å²) < 4.78 is 5.27. The molecule has 0 spiro atoms. The Labute approximate surface area is 142 Å². The fourth-order valence-corrected chi connectivity index (χ4v) is 2.09. The zero-order chi connectivity index (χ0) is 17.0. The molecule has 6 nitrogen and oxygen atoms in total. The molecular formula is C15H12Cl2N2O4. The summed E-state index contributed by atoms with van der Waals surface area (Å²) in [6, 6.07) is 9.12. The molecule has 2 rings (SSSR count). The van der Waals surface area contributed by atoms with Crippen molar-refractivity contribution >= 4 is 40.5 Å². The van der Waals surface area contributed by atoms with Gasteiger partial charge in [-0.1, -0.05) is 29.3 Å². The predicted octanol–water partition coefficient (Wildman–Crippen LogP) is 4.23. The zero-order valence-corrected chi connectivity index (χ0v) is 13.5. The molecule has 120 valence electrons. The third kappa shape index (κ3) is 4.58. The van der Waals surface area contributed by atoms with E-state index in [-0.39, 0.29) is 18.0 Å². The summed E-state index contributed by atoms with van der Waals surface area (Å²) in [6.45, 7) is 1.41. The third-order valence-electron chi connectivity index (χ3n) is 2.89. The number of rotatable bonds is 5. The van der Waals surface area contributed by atoms with E-state index in [1.54, 1.807) is 25.1 Å². The smallest absolute Gasteiger partial charge is 0.293 e. The number of nitrogens with one attached hydrogen (secondary N) is 1. The highest BCUT2D eigenvalue weighted by molar-refractivity contribution is 6.42. The van der Waals surface area contributed by atoms with E-state index in [1.165, 1.54) is 18.2 Å². The second-order valence-electron chi connectivity index (χ2n) is 4.69. The average Bonchev–Trinajstić information content (AvgIpc) is 2.50. The summed E-state index contributed by atoms with van der Waals surface area (Å²) in [6.07, 6.45) is 0. The molecule has 2 aromatic carbocycles. The van der Waals surface area contributed by atoms with Gasteiger partial charge in [0.2, 0.25) is 0 Å². The van der Waals surface area contributed by atoms with Crippen molar-refractivity contribution in [2.45, 2.75) is 6.92 Å². The van der Waals surface area contributed by atoms with Gasteiger partial charge in [-0.15, -0.1) is 0 Å². The van der Waals surface area contributed by atoms with Crippen molar-refractivity contribution in [1.29, 1.82) is 0 Å². The summed E-state index contributed by atoms with van der Waals surface area (Å²) in [5.41, 5.74) is 0.665. The first kappa shape index (κ1) is 17.1. The Balaban J connectivity index is 2.02. The van der Waals surface area contributed by atoms with Gasteiger partial charge in [0.05, 0.1) is 15.0 Å². The van der Waals surface area contributed by atoms with E-state index in [1.807, 2.05) is 0 Å². The number of anilines is 1. The molecule has 0 radical (unpaired) electrons. The topological polar surface area (TPSA) is 81.5 Å². The molecule has 1 amide bonds. The molecule has 0 aliphatic rings. The van der Waals surface area contributed by atoms with E-state index in [0.717, 1.165) is 5.56 Å². The standard InChI is InChI=1S/C15H12Cl2N2O4/c1-9-2-5-13(14(6-9)19(21)22)18-15(20)8-23-10-3-4-11(16)12(17)7-10/h2-7H,8H2,1H3,(H,18,20). The maximum absolute atomic E-state index is 11.9. The van der Waals surface area contributed by atoms with Crippen LogP contribution in [0.1, 0.15) is 5.56 Å². The Kier molecular flexibility index (Phi) is 5.41. The molecule has 2 aromatic rings. The molecule has 0 heterocycles. The number of carbonyl (C=O) groups is 1. The number of ether oxygens (including phenoxy) is 1. The average molecular weight is 355 g/mol. The molecular weight excluding hydrogens is 343 g/mol. The predicted molar refractivity (Wildman–Crippen MR) is 88.4 cm³/mol. The quantitative estimate of drug-likeness (QED) is 0.643. The number of amides is 1. The van der Waals surface area contributed by atoms with Gasteiger partial charge < -0.3 is 10.1 Å². The lowest BCUT2D eigenvalue weighted by Gasteiger charge is -2.09. The van der Waals surface area contributed by atoms with Crippen molar-refractivity contribution in [2.24, 2.45) is 0 Å².